The van der Waals surface area contributed by atoms with Crippen LogP contribution in [0.25, 0.3) is 0 Å². The van der Waals surface area contributed by atoms with Gasteiger partial charge in [0, 0.05) is 5.69 Å². The van der Waals surface area contributed by atoms with Crippen LogP contribution >= 0.6 is 0 Å². The average molecular weight is 254 g/mol. The molecular weight excluding hydrogens is 239 g/mol. The molecule has 1 aromatic carbocycles. The van der Waals surface area contributed by atoms with E-state index in [9.17, 15) is 14.0 Å². The standard InChI is InChI=1S/C11H15FN4O2/c1-16(5-10(14)17)6-11(18)15-7-2-3-8(12)9(13)4-7/h2-4H,5-6,13H2,1H3,(H2,14,17)(H,15,18). The SMILES string of the molecule is CN(CC(N)=O)CC(=O)Nc1ccc(F)c(N)c1. The number of halogens is 1. The lowest BCUT2D eigenvalue weighted by molar-refractivity contribution is -0.120. The quantitative estimate of drug-likeness (QED) is 0.631. The molecule has 0 fully saturated rings. The number of hydrogen-bond donors (Lipinski definition) is 3. The Balaban J connectivity index is 2.54. The van der Waals surface area contributed by atoms with Gasteiger partial charge in [0.2, 0.25) is 11.8 Å². The summed E-state index contributed by atoms with van der Waals surface area (Å²) < 4.78 is 12.9. The minimum atomic E-state index is -0.543. The summed E-state index contributed by atoms with van der Waals surface area (Å²) in [6, 6.07) is 3.89. The molecule has 0 heterocycles. The number of likely N-dealkylation sites (N-methyl/N-ethyl adjacent to an activating group) is 1. The van der Waals surface area contributed by atoms with Crippen LogP contribution in [0.1, 0.15) is 0 Å². The van der Waals surface area contributed by atoms with E-state index in [0.717, 1.165) is 6.07 Å². The molecule has 0 saturated heterocycles. The third kappa shape index (κ3) is 4.38. The van der Waals surface area contributed by atoms with Gasteiger partial charge in [0.1, 0.15) is 5.82 Å². The first-order valence-electron chi connectivity index (χ1n) is 5.20. The van der Waals surface area contributed by atoms with Gasteiger partial charge < -0.3 is 16.8 Å². The van der Waals surface area contributed by atoms with Gasteiger partial charge >= 0.3 is 0 Å². The van der Waals surface area contributed by atoms with E-state index in [4.69, 9.17) is 11.5 Å². The van der Waals surface area contributed by atoms with E-state index in [1.165, 1.54) is 17.0 Å². The summed E-state index contributed by atoms with van der Waals surface area (Å²) in [5, 5.41) is 2.53. The molecule has 98 valence electrons. The van der Waals surface area contributed by atoms with Crippen molar-refractivity contribution in [2.24, 2.45) is 5.73 Å². The maximum absolute atomic E-state index is 12.9. The number of benzene rings is 1. The zero-order valence-corrected chi connectivity index (χ0v) is 9.94. The number of carbonyl (C=O) groups is 2. The Morgan fingerprint density at radius 3 is 2.61 bits per heavy atom. The Hall–Kier alpha value is -2.15. The first kappa shape index (κ1) is 13.9. The monoisotopic (exact) mass is 254 g/mol. The lowest BCUT2D eigenvalue weighted by atomic mass is 10.2. The molecule has 2 amide bonds. The van der Waals surface area contributed by atoms with Crippen molar-refractivity contribution >= 4 is 23.2 Å². The topological polar surface area (TPSA) is 101 Å². The molecule has 0 aromatic heterocycles. The second-order valence-corrected chi connectivity index (χ2v) is 3.92. The van der Waals surface area contributed by atoms with Crippen molar-refractivity contribution in [2.45, 2.75) is 0 Å². The van der Waals surface area contributed by atoms with Crippen molar-refractivity contribution in [1.29, 1.82) is 0 Å². The molecule has 0 atom stereocenters. The van der Waals surface area contributed by atoms with Crippen LogP contribution in [0.4, 0.5) is 15.8 Å². The number of anilines is 2. The van der Waals surface area contributed by atoms with E-state index < -0.39 is 11.7 Å². The van der Waals surface area contributed by atoms with Crippen LogP contribution < -0.4 is 16.8 Å². The van der Waals surface area contributed by atoms with Gasteiger partial charge in [0.25, 0.3) is 0 Å². The van der Waals surface area contributed by atoms with E-state index in [2.05, 4.69) is 5.32 Å². The van der Waals surface area contributed by atoms with Crippen LogP contribution in [-0.2, 0) is 9.59 Å². The van der Waals surface area contributed by atoms with Gasteiger partial charge in [-0.15, -0.1) is 0 Å². The van der Waals surface area contributed by atoms with Crippen LogP contribution in [0.2, 0.25) is 0 Å². The van der Waals surface area contributed by atoms with Crippen molar-refractivity contribution in [3.63, 3.8) is 0 Å². The molecule has 5 N–H and O–H groups in total. The van der Waals surface area contributed by atoms with Gasteiger partial charge in [-0.2, -0.15) is 0 Å². The Labute approximate surface area is 104 Å². The average Bonchev–Trinajstić information content (AvgIpc) is 2.21. The number of rotatable bonds is 5. The van der Waals surface area contributed by atoms with Crippen LogP contribution in [0, 0.1) is 5.82 Å². The third-order valence-corrected chi connectivity index (χ3v) is 2.12. The van der Waals surface area contributed by atoms with Gasteiger partial charge in [-0.1, -0.05) is 0 Å². The Morgan fingerprint density at radius 2 is 2.06 bits per heavy atom. The van der Waals surface area contributed by atoms with Crippen molar-refractivity contribution < 1.29 is 14.0 Å². The van der Waals surface area contributed by atoms with Gasteiger partial charge in [-0.3, -0.25) is 14.5 Å². The molecule has 1 rings (SSSR count). The maximum atomic E-state index is 12.9. The van der Waals surface area contributed by atoms with Crippen LogP contribution in [0.15, 0.2) is 18.2 Å². The zero-order chi connectivity index (χ0) is 13.7. The normalized spacial score (nSPS) is 10.4. The first-order valence-corrected chi connectivity index (χ1v) is 5.20. The summed E-state index contributed by atoms with van der Waals surface area (Å²) in [4.78, 5) is 23.6. The van der Waals surface area contributed by atoms with Crippen LogP contribution in [0.3, 0.4) is 0 Å². The summed E-state index contributed by atoms with van der Waals surface area (Å²) >= 11 is 0. The maximum Gasteiger partial charge on any atom is 0.238 e. The fourth-order valence-corrected chi connectivity index (χ4v) is 1.39. The number of nitrogens with zero attached hydrogens (tertiary/aromatic N) is 1. The number of hydrogen-bond acceptors (Lipinski definition) is 4. The van der Waals surface area contributed by atoms with Gasteiger partial charge in [0.05, 0.1) is 18.8 Å². The van der Waals surface area contributed by atoms with Crippen molar-refractivity contribution in [1.82, 2.24) is 4.90 Å². The van der Waals surface area contributed by atoms with Crippen molar-refractivity contribution in [3.05, 3.63) is 24.0 Å². The molecule has 18 heavy (non-hydrogen) atoms. The minimum Gasteiger partial charge on any atom is -0.396 e. The Bertz CT molecular complexity index is 464. The molecule has 0 unspecified atom stereocenters. The van der Waals surface area contributed by atoms with Gasteiger partial charge in [0.15, 0.2) is 0 Å². The molecular formula is C11H15FN4O2. The Morgan fingerprint density at radius 1 is 1.39 bits per heavy atom. The second kappa shape index (κ2) is 5.97. The fraction of sp³-hybridized carbons (Fsp3) is 0.273. The number of nitrogens with two attached hydrogens (primary N) is 2. The number of carbonyl (C=O) groups excluding carboxylic acids is 2. The molecule has 1 aromatic rings. The number of amides is 2. The smallest absolute Gasteiger partial charge is 0.238 e. The van der Waals surface area contributed by atoms with E-state index in [1.807, 2.05) is 0 Å². The van der Waals surface area contributed by atoms with Crippen molar-refractivity contribution in [2.75, 3.05) is 31.2 Å². The molecule has 0 radical (unpaired) electrons. The number of nitrogen functional groups attached to an aromatic ring is 1. The first-order chi connectivity index (χ1) is 8.38. The highest BCUT2D eigenvalue weighted by molar-refractivity contribution is 5.93. The van der Waals surface area contributed by atoms with E-state index >= 15 is 0 Å². The predicted molar refractivity (Wildman–Crippen MR) is 66.1 cm³/mol. The molecule has 7 heteroatoms. The molecule has 0 aliphatic rings. The molecule has 0 bridgehead atoms. The van der Waals surface area contributed by atoms with E-state index in [0.29, 0.717) is 5.69 Å². The number of primary amides is 1. The highest BCUT2D eigenvalue weighted by Gasteiger charge is 2.09. The van der Waals surface area contributed by atoms with Crippen LogP contribution in [0.5, 0.6) is 0 Å². The molecule has 0 aliphatic heterocycles. The molecule has 0 spiro atoms. The van der Waals surface area contributed by atoms with Gasteiger partial charge in [-0.25, -0.2) is 4.39 Å². The van der Waals surface area contributed by atoms with E-state index in [-0.39, 0.29) is 24.7 Å². The van der Waals surface area contributed by atoms with Crippen LogP contribution in [-0.4, -0.2) is 36.9 Å². The minimum absolute atomic E-state index is 0.000219. The lowest BCUT2D eigenvalue weighted by Gasteiger charge is -2.14. The highest BCUT2D eigenvalue weighted by atomic mass is 19.1. The fourth-order valence-electron chi connectivity index (χ4n) is 1.39. The lowest BCUT2D eigenvalue weighted by Crippen LogP contribution is -2.36. The summed E-state index contributed by atoms with van der Waals surface area (Å²) in [7, 11) is 1.59. The van der Waals surface area contributed by atoms with Crippen molar-refractivity contribution in [3.8, 4) is 0 Å². The highest BCUT2D eigenvalue weighted by Crippen LogP contribution is 2.16. The number of nitrogens with one attached hydrogen (secondary N) is 1. The molecule has 6 nitrogen and oxygen atoms in total. The summed E-state index contributed by atoms with van der Waals surface area (Å²) in [6.07, 6.45) is 0. The summed E-state index contributed by atoms with van der Waals surface area (Å²) in [5.41, 5.74) is 10.7. The predicted octanol–water partition coefficient (Wildman–Crippen LogP) is -0.236. The molecule has 0 aliphatic carbocycles. The second-order valence-electron chi connectivity index (χ2n) is 3.92. The third-order valence-electron chi connectivity index (χ3n) is 2.12. The zero-order valence-electron chi connectivity index (χ0n) is 9.94. The van der Waals surface area contributed by atoms with Gasteiger partial charge in [-0.05, 0) is 25.2 Å². The largest absolute Gasteiger partial charge is 0.396 e. The van der Waals surface area contributed by atoms with E-state index in [1.54, 1.807) is 7.05 Å². The summed E-state index contributed by atoms with van der Waals surface area (Å²) in [6.45, 7) is -0.0147. The molecule has 0 saturated carbocycles. The summed E-state index contributed by atoms with van der Waals surface area (Å²) in [5.74, 6) is -1.40. The Kier molecular flexibility index (Phi) is 4.61.